The number of ether oxygens (including phenoxy) is 1. The molecule has 2 aromatic carbocycles. The van der Waals surface area contributed by atoms with E-state index in [0.717, 1.165) is 29.7 Å². The number of rotatable bonds is 6. The number of benzene rings is 2. The van der Waals surface area contributed by atoms with E-state index in [1.54, 1.807) is 7.11 Å². The van der Waals surface area contributed by atoms with E-state index in [4.69, 9.17) is 10.6 Å². The minimum atomic E-state index is -0.0719. The molecule has 3 nitrogen and oxygen atoms in total. The van der Waals surface area contributed by atoms with Crippen LogP contribution in [0.1, 0.15) is 41.6 Å². The van der Waals surface area contributed by atoms with Gasteiger partial charge in [-0.1, -0.05) is 49.7 Å². The Kier molecular flexibility index (Phi) is 5.37. The summed E-state index contributed by atoms with van der Waals surface area (Å²) in [7, 11) is 1.69. The Bertz CT molecular complexity index is 596. The van der Waals surface area contributed by atoms with Gasteiger partial charge in [-0.15, -0.1) is 0 Å². The predicted molar refractivity (Wildman–Crippen MR) is 87.3 cm³/mol. The molecule has 2 rings (SSSR count). The molecule has 21 heavy (non-hydrogen) atoms. The van der Waals surface area contributed by atoms with Crippen molar-refractivity contribution in [1.29, 1.82) is 0 Å². The highest BCUT2D eigenvalue weighted by Gasteiger charge is 2.17. The van der Waals surface area contributed by atoms with E-state index < -0.39 is 0 Å². The molecule has 3 heteroatoms. The monoisotopic (exact) mass is 284 g/mol. The van der Waals surface area contributed by atoms with Gasteiger partial charge < -0.3 is 4.74 Å². The average Bonchev–Trinajstić information content (AvgIpc) is 2.50. The summed E-state index contributed by atoms with van der Waals surface area (Å²) in [6.45, 7) is 4.24. The molecule has 0 aromatic heterocycles. The third-order valence-electron chi connectivity index (χ3n) is 3.69. The maximum Gasteiger partial charge on any atom is 0.124 e. The molecule has 0 heterocycles. The zero-order chi connectivity index (χ0) is 15.2. The van der Waals surface area contributed by atoms with Crippen LogP contribution in [0, 0.1) is 6.92 Å². The summed E-state index contributed by atoms with van der Waals surface area (Å²) >= 11 is 0. The number of hydrogen-bond acceptors (Lipinski definition) is 3. The van der Waals surface area contributed by atoms with Gasteiger partial charge >= 0.3 is 0 Å². The Hall–Kier alpha value is -1.84. The lowest BCUT2D eigenvalue weighted by Gasteiger charge is -2.20. The highest BCUT2D eigenvalue weighted by atomic mass is 16.5. The molecule has 3 N–H and O–H groups in total. The van der Waals surface area contributed by atoms with Crippen molar-refractivity contribution in [2.24, 2.45) is 5.84 Å². The Morgan fingerprint density at radius 3 is 2.67 bits per heavy atom. The average molecular weight is 284 g/mol. The molecule has 0 aliphatic heterocycles. The topological polar surface area (TPSA) is 47.3 Å². The molecule has 1 atom stereocenters. The maximum absolute atomic E-state index is 5.82. The van der Waals surface area contributed by atoms with E-state index in [1.807, 2.05) is 6.07 Å². The Labute approximate surface area is 127 Å². The van der Waals surface area contributed by atoms with Gasteiger partial charge in [0.15, 0.2) is 0 Å². The van der Waals surface area contributed by atoms with Crippen molar-refractivity contribution < 1.29 is 4.74 Å². The van der Waals surface area contributed by atoms with Gasteiger partial charge in [0.1, 0.15) is 5.75 Å². The lowest BCUT2D eigenvalue weighted by molar-refractivity contribution is 0.404. The summed E-state index contributed by atoms with van der Waals surface area (Å²) in [5.41, 5.74) is 7.64. The van der Waals surface area contributed by atoms with E-state index in [2.05, 4.69) is 55.7 Å². The van der Waals surface area contributed by atoms with Gasteiger partial charge in [0.25, 0.3) is 0 Å². The lowest BCUT2D eigenvalue weighted by Crippen LogP contribution is -2.29. The Balaban J connectivity index is 2.42. The largest absolute Gasteiger partial charge is 0.496 e. The first-order valence-electron chi connectivity index (χ1n) is 7.39. The highest BCUT2D eigenvalue weighted by Crippen LogP contribution is 2.30. The van der Waals surface area contributed by atoms with Crippen LogP contribution in [0.3, 0.4) is 0 Å². The minimum Gasteiger partial charge on any atom is -0.496 e. The quantitative estimate of drug-likeness (QED) is 0.630. The highest BCUT2D eigenvalue weighted by molar-refractivity contribution is 5.44. The van der Waals surface area contributed by atoms with E-state index >= 15 is 0 Å². The van der Waals surface area contributed by atoms with E-state index in [9.17, 15) is 0 Å². The maximum atomic E-state index is 5.82. The summed E-state index contributed by atoms with van der Waals surface area (Å²) in [6.07, 6.45) is 2.22. The van der Waals surface area contributed by atoms with Crippen LogP contribution < -0.4 is 16.0 Å². The first-order chi connectivity index (χ1) is 10.2. The summed E-state index contributed by atoms with van der Waals surface area (Å²) in [5, 5.41) is 0. The molecule has 2 aromatic rings. The van der Waals surface area contributed by atoms with E-state index in [0.29, 0.717) is 0 Å². The summed E-state index contributed by atoms with van der Waals surface area (Å²) in [6, 6.07) is 14.7. The minimum absolute atomic E-state index is 0.0719. The molecule has 0 fully saturated rings. The van der Waals surface area contributed by atoms with E-state index in [1.165, 1.54) is 11.1 Å². The van der Waals surface area contributed by atoms with Crippen molar-refractivity contribution >= 4 is 0 Å². The zero-order valence-electron chi connectivity index (χ0n) is 13.0. The van der Waals surface area contributed by atoms with Gasteiger partial charge in [0, 0.05) is 5.56 Å². The molecule has 0 saturated heterocycles. The fourth-order valence-corrected chi connectivity index (χ4v) is 2.64. The molecular formula is C18H24N2O. The molecule has 0 saturated carbocycles. The van der Waals surface area contributed by atoms with Crippen molar-refractivity contribution in [3.05, 3.63) is 64.7 Å². The van der Waals surface area contributed by atoms with Crippen molar-refractivity contribution in [3.8, 4) is 5.75 Å². The van der Waals surface area contributed by atoms with Gasteiger partial charge in [-0.3, -0.25) is 5.84 Å². The summed E-state index contributed by atoms with van der Waals surface area (Å²) in [4.78, 5) is 0. The Morgan fingerprint density at radius 2 is 2.00 bits per heavy atom. The molecular weight excluding hydrogens is 260 g/mol. The van der Waals surface area contributed by atoms with Crippen LogP contribution >= 0.6 is 0 Å². The predicted octanol–water partition coefficient (Wildman–Crippen LogP) is 3.51. The number of hydrogen-bond donors (Lipinski definition) is 2. The molecule has 0 amide bonds. The van der Waals surface area contributed by atoms with Crippen LogP contribution in [0.4, 0.5) is 0 Å². The number of methoxy groups -OCH3 is 1. The standard InChI is InChI=1S/C18H24N2O/c1-4-6-14-7-5-8-15(12-14)18(20-19)16-10-9-13(2)11-17(16)21-3/h5,7-12,18,20H,4,6,19H2,1-3H3. The third-order valence-corrected chi connectivity index (χ3v) is 3.69. The van der Waals surface area contributed by atoms with Crippen molar-refractivity contribution in [1.82, 2.24) is 5.43 Å². The molecule has 112 valence electrons. The van der Waals surface area contributed by atoms with Gasteiger partial charge in [-0.05, 0) is 36.1 Å². The van der Waals surface area contributed by atoms with Crippen LogP contribution in [-0.4, -0.2) is 7.11 Å². The second kappa shape index (κ2) is 7.25. The zero-order valence-corrected chi connectivity index (χ0v) is 13.0. The number of nitrogens with one attached hydrogen (secondary N) is 1. The van der Waals surface area contributed by atoms with Crippen LogP contribution in [0.5, 0.6) is 5.75 Å². The van der Waals surface area contributed by atoms with Crippen molar-refractivity contribution in [3.63, 3.8) is 0 Å². The smallest absolute Gasteiger partial charge is 0.124 e. The molecule has 0 spiro atoms. The number of nitrogens with two attached hydrogens (primary N) is 1. The molecule has 0 aliphatic carbocycles. The normalized spacial score (nSPS) is 12.2. The summed E-state index contributed by atoms with van der Waals surface area (Å²) < 4.78 is 5.51. The molecule has 0 radical (unpaired) electrons. The van der Waals surface area contributed by atoms with Crippen LogP contribution in [0.15, 0.2) is 42.5 Å². The van der Waals surface area contributed by atoms with Crippen molar-refractivity contribution in [2.45, 2.75) is 32.7 Å². The summed E-state index contributed by atoms with van der Waals surface area (Å²) in [5.74, 6) is 6.68. The number of hydrazine groups is 1. The van der Waals surface area contributed by atoms with Crippen molar-refractivity contribution in [2.75, 3.05) is 7.11 Å². The first-order valence-corrected chi connectivity index (χ1v) is 7.39. The van der Waals surface area contributed by atoms with Gasteiger partial charge in [-0.2, -0.15) is 0 Å². The second-order valence-electron chi connectivity index (χ2n) is 5.34. The fraction of sp³-hybridized carbons (Fsp3) is 0.333. The molecule has 1 unspecified atom stereocenters. The molecule has 0 bridgehead atoms. The lowest BCUT2D eigenvalue weighted by atomic mass is 9.95. The Morgan fingerprint density at radius 1 is 1.19 bits per heavy atom. The number of aryl methyl sites for hydroxylation is 2. The van der Waals surface area contributed by atoms with Crippen LogP contribution in [0.25, 0.3) is 0 Å². The SMILES string of the molecule is CCCc1cccc(C(NN)c2ccc(C)cc2OC)c1. The first kappa shape index (κ1) is 15.5. The van der Waals surface area contributed by atoms with Gasteiger partial charge in [-0.25, -0.2) is 5.43 Å². The van der Waals surface area contributed by atoms with Crippen LogP contribution in [-0.2, 0) is 6.42 Å². The van der Waals surface area contributed by atoms with Crippen LogP contribution in [0.2, 0.25) is 0 Å². The third kappa shape index (κ3) is 3.63. The van der Waals surface area contributed by atoms with Gasteiger partial charge in [0.2, 0.25) is 0 Å². The second-order valence-corrected chi connectivity index (χ2v) is 5.34. The van der Waals surface area contributed by atoms with Gasteiger partial charge in [0.05, 0.1) is 13.2 Å². The molecule has 0 aliphatic rings. The van der Waals surface area contributed by atoms with E-state index in [-0.39, 0.29) is 6.04 Å². The fourth-order valence-electron chi connectivity index (χ4n) is 2.64.